The van der Waals surface area contributed by atoms with Crippen LogP contribution in [0.15, 0.2) is 29.3 Å². The lowest BCUT2D eigenvalue weighted by Crippen LogP contribution is -2.08. The number of hydrogen-bond acceptors (Lipinski definition) is 4. The maximum absolute atomic E-state index is 11.2. The summed E-state index contributed by atoms with van der Waals surface area (Å²) in [6.45, 7) is 3.99. The zero-order valence-corrected chi connectivity index (χ0v) is 10.4. The average molecular weight is 235 g/mol. The average Bonchev–Trinajstić information content (AvgIpc) is 2.30. The van der Waals surface area contributed by atoms with E-state index in [0.717, 1.165) is 17.1 Å². The molecule has 0 saturated heterocycles. The minimum absolute atomic E-state index is 0.222. The van der Waals surface area contributed by atoms with E-state index >= 15 is 0 Å². The summed E-state index contributed by atoms with van der Waals surface area (Å²) in [6, 6.07) is 7.34. The number of ether oxygens (including phenoxy) is 2. The smallest absolute Gasteiger partial charge is 0.311 e. The van der Waals surface area contributed by atoms with Gasteiger partial charge in [-0.25, -0.2) is 0 Å². The quantitative estimate of drug-likeness (QED) is 0.582. The molecule has 17 heavy (non-hydrogen) atoms. The molecule has 0 fully saturated rings. The van der Waals surface area contributed by atoms with Gasteiger partial charge in [0, 0.05) is 5.71 Å². The van der Waals surface area contributed by atoms with Gasteiger partial charge >= 0.3 is 5.97 Å². The molecule has 0 spiro atoms. The van der Waals surface area contributed by atoms with Crippen LogP contribution in [0, 0.1) is 0 Å². The van der Waals surface area contributed by atoms with Gasteiger partial charge in [0.1, 0.15) is 5.75 Å². The molecule has 0 N–H and O–H groups in total. The maximum Gasteiger partial charge on any atom is 0.311 e. The van der Waals surface area contributed by atoms with Crippen molar-refractivity contribution in [3.05, 3.63) is 24.3 Å². The molecule has 0 radical (unpaired) electrons. The zero-order chi connectivity index (χ0) is 12.7. The molecule has 4 heteroatoms. The van der Waals surface area contributed by atoms with Crippen LogP contribution in [-0.4, -0.2) is 25.4 Å². The Labute approximate surface area is 101 Å². The van der Waals surface area contributed by atoms with E-state index in [1.54, 1.807) is 21.0 Å². The summed E-state index contributed by atoms with van der Waals surface area (Å²) in [5.74, 6) is 0.536. The number of aliphatic imine (C=N–C) groups is 1. The number of hydrogen-bond donors (Lipinski definition) is 0. The first kappa shape index (κ1) is 13.2. The van der Waals surface area contributed by atoms with E-state index in [4.69, 9.17) is 9.47 Å². The lowest BCUT2D eigenvalue weighted by atomic mass is 10.2. The number of esters is 1. The Morgan fingerprint density at radius 1 is 1.29 bits per heavy atom. The second-order valence-corrected chi connectivity index (χ2v) is 3.53. The highest BCUT2D eigenvalue weighted by atomic mass is 16.5. The molecule has 0 amide bonds. The number of nitrogens with zero attached hydrogens (tertiary/aromatic N) is 1. The summed E-state index contributed by atoms with van der Waals surface area (Å²) in [5, 5.41) is 0. The molecule has 0 saturated carbocycles. The van der Waals surface area contributed by atoms with Crippen molar-refractivity contribution in [3.8, 4) is 5.75 Å². The third-order valence-corrected chi connectivity index (χ3v) is 2.10. The highest BCUT2D eigenvalue weighted by Gasteiger charge is 2.03. The molecule has 0 aliphatic rings. The minimum atomic E-state index is -0.248. The second kappa shape index (κ2) is 6.68. The summed E-state index contributed by atoms with van der Waals surface area (Å²) in [4.78, 5) is 15.5. The van der Waals surface area contributed by atoms with Gasteiger partial charge in [-0.2, -0.15) is 0 Å². The predicted molar refractivity (Wildman–Crippen MR) is 67.0 cm³/mol. The van der Waals surface area contributed by atoms with Crippen molar-refractivity contribution in [1.82, 2.24) is 0 Å². The number of methoxy groups -OCH3 is 1. The largest absolute Gasteiger partial charge is 0.497 e. The van der Waals surface area contributed by atoms with Crippen LogP contribution in [0.3, 0.4) is 0 Å². The Kier molecular flexibility index (Phi) is 5.20. The van der Waals surface area contributed by atoms with E-state index in [1.807, 2.05) is 24.3 Å². The molecule has 0 aromatic heterocycles. The van der Waals surface area contributed by atoms with Crippen molar-refractivity contribution in [1.29, 1.82) is 0 Å². The van der Waals surface area contributed by atoms with Crippen molar-refractivity contribution < 1.29 is 14.3 Å². The van der Waals surface area contributed by atoms with Gasteiger partial charge in [0.25, 0.3) is 0 Å². The van der Waals surface area contributed by atoms with Gasteiger partial charge in [-0.3, -0.25) is 9.79 Å². The molecule has 0 atom stereocenters. The highest BCUT2D eigenvalue weighted by Crippen LogP contribution is 2.18. The Hall–Kier alpha value is -1.84. The standard InChI is InChI=1S/C13H17NO3/c1-4-17-13(15)9-10(2)14-11-5-7-12(16-3)8-6-11/h5-8H,4,9H2,1-3H3. The van der Waals surface area contributed by atoms with Gasteiger partial charge in [-0.05, 0) is 38.1 Å². The van der Waals surface area contributed by atoms with E-state index in [0.29, 0.717) is 6.61 Å². The molecule has 92 valence electrons. The fourth-order valence-electron chi connectivity index (χ4n) is 1.34. The number of rotatable bonds is 5. The SMILES string of the molecule is CCOC(=O)CC(C)=Nc1ccc(OC)cc1. The molecule has 0 unspecified atom stereocenters. The van der Waals surface area contributed by atoms with E-state index in [1.165, 1.54) is 0 Å². The molecule has 1 rings (SSSR count). The molecule has 4 nitrogen and oxygen atoms in total. The fourth-order valence-corrected chi connectivity index (χ4v) is 1.34. The first-order chi connectivity index (χ1) is 8.15. The van der Waals surface area contributed by atoms with E-state index < -0.39 is 0 Å². The van der Waals surface area contributed by atoms with Crippen molar-refractivity contribution >= 4 is 17.4 Å². The van der Waals surface area contributed by atoms with Crippen LogP contribution in [0.2, 0.25) is 0 Å². The summed E-state index contributed by atoms with van der Waals surface area (Å²) >= 11 is 0. The minimum Gasteiger partial charge on any atom is -0.497 e. The predicted octanol–water partition coefficient (Wildman–Crippen LogP) is 2.74. The third-order valence-electron chi connectivity index (χ3n) is 2.10. The van der Waals surface area contributed by atoms with E-state index in [9.17, 15) is 4.79 Å². The van der Waals surface area contributed by atoms with Gasteiger partial charge < -0.3 is 9.47 Å². The highest BCUT2D eigenvalue weighted by molar-refractivity contribution is 5.98. The summed E-state index contributed by atoms with van der Waals surface area (Å²) < 4.78 is 9.90. The molecule has 1 aromatic carbocycles. The van der Waals surface area contributed by atoms with Gasteiger partial charge in [-0.1, -0.05) is 0 Å². The monoisotopic (exact) mass is 235 g/mol. The Bertz CT molecular complexity index is 396. The number of carbonyl (C=O) groups excluding carboxylic acids is 1. The number of carbonyl (C=O) groups is 1. The Balaban J connectivity index is 2.63. The molecular formula is C13H17NO3. The maximum atomic E-state index is 11.2. The zero-order valence-electron chi connectivity index (χ0n) is 10.4. The van der Waals surface area contributed by atoms with Crippen molar-refractivity contribution in [2.45, 2.75) is 20.3 Å². The Morgan fingerprint density at radius 3 is 2.47 bits per heavy atom. The molecular weight excluding hydrogens is 218 g/mol. The normalized spacial score (nSPS) is 11.1. The first-order valence-electron chi connectivity index (χ1n) is 5.49. The van der Waals surface area contributed by atoms with Crippen molar-refractivity contribution in [2.75, 3.05) is 13.7 Å². The van der Waals surface area contributed by atoms with Crippen LogP contribution < -0.4 is 4.74 Å². The van der Waals surface area contributed by atoms with E-state index in [2.05, 4.69) is 4.99 Å². The van der Waals surface area contributed by atoms with Crippen molar-refractivity contribution in [2.24, 2.45) is 4.99 Å². The van der Waals surface area contributed by atoms with Crippen LogP contribution in [0.25, 0.3) is 0 Å². The third kappa shape index (κ3) is 4.68. The molecule has 0 aliphatic heterocycles. The van der Waals surface area contributed by atoms with Crippen molar-refractivity contribution in [3.63, 3.8) is 0 Å². The van der Waals surface area contributed by atoms with Gasteiger partial charge in [0.15, 0.2) is 0 Å². The molecule has 0 aliphatic carbocycles. The second-order valence-electron chi connectivity index (χ2n) is 3.53. The first-order valence-corrected chi connectivity index (χ1v) is 5.49. The van der Waals surface area contributed by atoms with Gasteiger partial charge in [0.2, 0.25) is 0 Å². The summed E-state index contributed by atoms with van der Waals surface area (Å²) in [5.41, 5.74) is 1.53. The lowest BCUT2D eigenvalue weighted by Gasteiger charge is -2.02. The van der Waals surface area contributed by atoms with Crippen LogP contribution >= 0.6 is 0 Å². The Morgan fingerprint density at radius 2 is 1.94 bits per heavy atom. The van der Waals surface area contributed by atoms with Crippen LogP contribution in [-0.2, 0) is 9.53 Å². The molecule has 1 aromatic rings. The molecule has 0 bridgehead atoms. The van der Waals surface area contributed by atoms with Crippen LogP contribution in [0.5, 0.6) is 5.75 Å². The van der Waals surface area contributed by atoms with Gasteiger partial charge in [0.05, 0.1) is 25.8 Å². The molecule has 0 heterocycles. The number of benzene rings is 1. The van der Waals surface area contributed by atoms with E-state index in [-0.39, 0.29) is 12.4 Å². The van der Waals surface area contributed by atoms with Gasteiger partial charge in [-0.15, -0.1) is 0 Å². The fraction of sp³-hybridized carbons (Fsp3) is 0.385. The lowest BCUT2D eigenvalue weighted by molar-refractivity contribution is -0.141. The summed E-state index contributed by atoms with van der Waals surface area (Å²) in [6.07, 6.45) is 0.222. The summed E-state index contributed by atoms with van der Waals surface area (Å²) in [7, 11) is 1.62. The van der Waals surface area contributed by atoms with Crippen LogP contribution in [0.1, 0.15) is 20.3 Å². The topological polar surface area (TPSA) is 47.9 Å². The van der Waals surface area contributed by atoms with Crippen LogP contribution in [0.4, 0.5) is 5.69 Å².